The van der Waals surface area contributed by atoms with Gasteiger partial charge in [-0.05, 0) is 61.0 Å². The predicted octanol–water partition coefficient (Wildman–Crippen LogP) is 2.55. The van der Waals surface area contributed by atoms with Gasteiger partial charge in [0, 0.05) is 6.04 Å². The van der Waals surface area contributed by atoms with Crippen LogP contribution in [0.4, 0.5) is 0 Å². The number of hydrogen-bond donors (Lipinski definition) is 1. The van der Waals surface area contributed by atoms with Crippen molar-refractivity contribution in [2.45, 2.75) is 38.1 Å². The fraction of sp³-hybridized carbons (Fsp3) is 0.600. The molecule has 92 valence electrons. The lowest BCUT2D eigenvalue weighted by atomic mass is 9.59. The van der Waals surface area contributed by atoms with E-state index < -0.39 is 0 Å². The van der Waals surface area contributed by atoms with Gasteiger partial charge in [-0.3, -0.25) is 0 Å². The monoisotopic (exact) mass is 231 g/mol. The molecule has 0 amide bonds. The molecule has 0 saturated carbocycles. The summed E-state index contributed by atoms with van der Waals surface area (Å²) in [5.41, 5.74) is 3.05. The zero-order valence-electron chi connectivity index (χ0n) is 10.9. The SMILES string of the molecule is CC1[C@@H]2Cc3ccc(O)cc3C1(C)CCN2C. The van der Waals surface area contributed by atoms with E-state index in [2.05, 4.69) is 31.9 Å². The van der Waals surface area contributed by atoms with Gasteiger partial charge in [0.25, 0.3) is 0 Å². The quantitative estimate of drug-likeness (QED) is 0.741. The molecule has 3 atom stereocenters. The molecule has 1 saturated heterocycles. The molecule has 1 aliphatic carbocycles. The molecular formula is C15H21NO. The third-order valence-corrected chi connectivity index (χ3v) is 5.27. The molecule has 2 aliphatic rings. The van der Waals surface area contributed by atoms with Crippen molar-refractivity contribution < 1.29 is 5.11 Å². The van der Waals surface area contributed by atoms with Crippen LogP contribution < -0.4 is 0 Å². The minimum atomic E-state index is 0.240. The highest BCUT2D eigenvalue weighted by Gasteiger charge is 2.47. The van der Waals surface area contributed by atoms with Gasteiger partial charge in [-0.25, -0.2) is 0 Å². The Hall–Kier alpha value is -1.02. The van der Waals surface area contributed by atoms with Crippen LogP contribution >= 0.6 is 0 Å². The van der Waals surface area contributed by atoms with Gasteiger partial charge >= 0.3 is 0 Å². The van der Waals surface area contributed by atoms with E-state index in [1.807, 2.05) is 12.1 Å². The van der Waals surface area contributed by atoms with Gasteiger partial charge in [0.1, 0.15) is 5.75 Å². The van der Waals surface area contributed by atoms with Crippen LogP contribution in [0.1, 0.15) is 31.4 Å². The van der Waals surface area contributed by atoms with E-state index in [0.29, 0.717) is 17.7 Å². The first-order valence-electron chi connectivity index (χ1n) is 6.55. The zero-order valence-corrected chi connectivity index (χ0v) is 10.9. The largest absolute Gasteiger partial charge is 0.508 e. The van der Waals surface area contributed by atoms with Gasteiger partial charge in [-0.15, -0.1) is 0 Å². The first kappa shape index (κ1) is 11.1. The summed E-state index contributed by atoms with van der Waals surface area (Å²) in [7, 11) is 2.24. The molecular weight excluding hydrogens is 210 g/mol. The number of likely N-dealkylation sites (N-methyl/N-ethyl adjacent to an activating group) is 1. The van der Waals surface area contributed by atoms with E-state index in [-0.39, 0.29) is 5.41 Å². The van der Waals surface area contributed by atoms with Crippen LogP contribution in [0.3, 0.4) is 0 Å². The fourth-order valence-electron chi connectivity index (χ4n) is 3.82. The first-order chi connectivity index (χ1) is 8.02. The van der Waals surface area contributed by atoms with Gasteiger partial charge in [0.05, 0.1) is 0 Å². The molecule has 0 spiro atoms. The normalized spacial score (nSPS) is 36.6. The van der Waals surface area contributed by atoms with Gasteiger partial charge < -0.3 is 10.0 Å². The molecule has 0 aromatic heterocycles. The van der Waals surface area contributed by atoms with E-state index in [1.54, 1.807) is 0 Å². The number of phenols is 1. The summed E-state index contributed by atoms with van der Waals surface area (Å²) >= 11 is 0. The van der Waals surface area contributed by atoms with E-state index in [4.69, 9.17) is 0 Å². The average molecular weight is 231 g/mol. The highest BCUT2D eigenvalue weighted by atomic mass is 16.3. The Labute approximate surface area is 103 Å². The van der Waals surface area contributed by atoms with E-state index in [0.717, 1.165) is 6.42 Å². The maximum absolute atomic E-state index is 9.73. The standard InChI is InChI=1S/C15H21NO/c1-10-14-8-11-4-5-12(17)9-13(11)15(10,2)6-7-16(14)3/h4-5,9-10,14,17H,6-8H2,1-3H3/t10?,14-,15?/m0/s1. The van der Waals surface area contributed by atoms with E-state index in [1.165, 1.54) is 24.1 Å². The third kappa shape index (κ3) is 1.43. The molecule has 1 aromatic carbocycles. The third-order valence-electron chi connectivity index (χ3n) is 5.27. The summed E-state index contributed by atoms with van der Waals surface area (Å²) in [5.74, 6) is 1.07. The second-order valence-electron chi connectivity index (χ2n) is 6.05. The second-order valence-corrected chi connectivity index (χ2v) is 6.05. The maximum atomic E-state index is 9.73. The Morgan fingerprint density at radius 2 is 2.18 bits per heavy atom. The minimum Gasteiger partial charge on any atom is -0.508 e. The van der Waals surface area contributed by atoms with Crippen LogP contribution in [0.15, 0.2) is 18.2 Å². The van der Waals surface area contributed by atoms with Crippen LogP contribution in [-0.4, -0.2) is 29.6 Å². The Balaban J connectivity index is 2.16. The number of piperidine rings is 1. The number of nitrogens with zero attached hydrogens (tertiary/aromatic N) is 1. The lowest BCUT2D eigenvalue weighted by molar-refractivity contribution is 0.0506. The molecule has 2 heteroatoms. The van der Waals surface area contributed by atoms with Crippen molar-refractivity contribution in [3.8, 4) is 5.75 Å². The molecule has 1 heterocycles. The summed E-state index contributed by atoms with van der Waals surface area (Å²) in [5, 5.41) is 9.73. The van der Waals surface area contributed by atoms with E-state index >= 15 is 0 Å². The average Bonchev–Trinajstić information content (AvgIpc) is 2.30. The van der Waals surface area contributed by atoms with E-state index in [9.17, 15) is 5.11 Å². The summed E-state index contributed by atoms with van der Waals surface area (Å²) in [4.78, 5) is 2.50. The summed E-state index contributed by atoms with van der Waals surface area (Å²) in [6.07, 6.45) is 2.32. The Kier molecular flexibility index (Phi) is 2.27. The molecule has 1 N–H and O–H groups in total. The molecule has 17 heavy (non-hydrogen) atoms. The van der Waals surface area contributed by atoms with Gasteiger partial charge in [-0.2, -0.15) is 0 Å². The van der Waals surface area contributed by atoms with Crippen molar-refractivity contribution >= 4 is 0 Å². The van der Waals surface area contributed by atoms with Crippen LogP contribution in [0.2, 0.25) is 0 Å². The Bertz CT molecular complexity index is 456. The lowest BCUT2D eigenvalue weighted by Gasteiger charge is -2.53. The van der Waals surface area contributed by atoms with Crippen molar-refractivity contribution in [1.82, 2.24) is 4.90 Å². The number of aromatic hydroxyl groups is 1. The highest BCUT2D eigenvalue weighted by molar-refractivity contribution is 5.44. The molecule has 2 nitrogen and oxygen atoms in total. The second kappa shape index (κ2) is 3.49. The first-order valence-corrected chi connectivity index (χ1v) is 6.55. The molecule has 2 unspecified atom stereocenters. The maximum Gasteiger partial charge on any atom is 0.115 e. The molecule has 1 fully saturated rings. The van der Waals surface area contributed by atoms with Crippen molar-refractivity contribution in [3.05, 3.63) is 29.3 Å². The number of rotatable bonds is 0. The topological polar surface area (TPSA) is 23.5 Å². The number of benzene rings is 1. The lowest BCUT2D eigenvalue weighted by Crippen LogP contribution is -2.56. The van der Waals surface area contributed by atoms with Crippen LogP contribution in [0.5, 0.6) is 5.75 Å². The number of fused-ring (bicyclic) bond motifs is 4. The van der Waals surface area contributed by atoms with Crippen LogP contribution in [-0.2, 0) is 11.8 Å². The highest BCUT2D eigenvalue weighted by Crippen LogP contribution is 2.48. The number of phenolic OH excluding ortho intramolecular Hbond substituents is 1. The fourth-order valence-corrected chi connectivity index (χ4v) is 3.82. The van der Waals surface area contributed by atoms with Crippen molar-refractivity contribution in [1.29, 1.82) is 0 Å². The van der Waals surface area contributed by atoms with Crippen molar-refractivity contribution in [2.24, 2.45) is 5.92 Å². The minimum absolute atomic E-state index is 0.240. The molecule has 0 radical (unpaired) electrons. The number of likely N-dealkylation sites (tertiary alicyclic amines) is 1. The summed E-state index contributed by atoms with van der Waals surface area (Å²) in [6.45, 7) is 5.91. The smallest absolute Gasteiger partial charge is 0.115 e. The van der Waals surface area contributed by atoms with Crippen LogP contribution in [0, 0.1) is 5.92 Å². The summed E-state index contributed by atoms with van der Waals surface area (Å²) < 4.78 is 0. The van der Waals surface area contributed by atoms with Crippen molar-refractivity contribution in [3.63, 3.8) is 0 Å². The summed E-state index contributed by atoms with van der Waals surface area (Å²) in [6, 6.07) is 6.59. The van der Waals surface area contributed by atoms with Gasteiger partial charge in [0.15, 0.2) is 0 Å². The van der Waals surface area contributed by atoms with Crippen molar-refractivity contribution in [2.75, 3.05) is 13.6 Å². The zero-order chi connectivity index (χ0) is 12.2. The molecule has 2 bridgehead atoms. The number of hydrogen-bond acceptors (Lipinski definition) is 2. The molecule has 3 rings (SSSR count). The van der Waals surface area contributed by atoms with Crippen LogP contribution in [0.25, 0.3) is 0 Å². The molecule has 1 aliphatic heterocycles. The Morgan fingerprint density at radius 1 is 1.41 bits per heavy atom. The Morgan fingerprint density at radius 3 is 2.94 bits per heavy atom. The van der Waals surface area contributed by atoms with Gasteiger partial charge in [0.2, 0.25) is 0 Å². The molecule has 1 aromatic rings. The predicted molar refractivity (Wildman–Crippen MR) is 69.4 cm³/mol. The van der Waals surface area contributed by atoms with Gasteiger partial charge in [-0.1, -0.05) is 19.9 Å².